The van der Waals surface area contributed by atoms with Gasteiger partial charge in [-0.1, -0.05) is 30.3 Å². The average molecular weight is 261 g/mol. The van der Waals surface area contributed by atoms with Crippen LogP contribution in [0.15, 0.2) is 42.5 Å². The third-order valence-electron chi connectivity index (χ3n) is 2.74. The molecule has 1 aromatic heterocycles. The molecule has 0 radical (unpaired) electrons. The molecule has 0 atom stereocenters. The summed E-state index contributed by atoms with van der Waals surface area (Å²) in [4.78, 5) is 3.18. The fourth-order valence-electron chi connectivity index (χ4n) is 2.08. The van der Waals surface area contributed by atoms with Crippen LogP contribution in [0.25, 0.3) is 21.8 Å². The molecular weight excluding hydrogens is 250 g/mol. The molecule has 4 nitrogen and oxygen atoms in total. The van der Waals surface area contributed by atoms with E-state index >= 15 is 0 Å². The van der Waals surface area contributed by atoms with E-state index in [0.717, 1.165) is 22.5 Å². The maximum Gasteiger partial charge on any atom is 0.306 e. The van der Waals surface area contributed by atoms with Crippen molar-refractivity contribution in [2.45, 2.75) is 0 Å². The molecule has 0 bridgehead atoms. The minimum absolute atomic E-state index is 0.325. The second-order valence-electron chi connectivity index (χ2n) is 4.14. The number of H-pyrrole nitrogens is 1. The maximum absolute atomic E-state index is 11.2. The molecule has 0 aliphatic heterocycles. The monoisotopic (exact) mass is 261 g/mol. The zero-order valence-electron chi connectivity index (χ0n) is 9.67. The normalized spacial score (nSPS) is 12.1. The van der Waals surface area contributed by atoms with Crippen molar-refractivity contribution < 1.29 is 12.6 Å². The SMILES string of the molecule is CS(=O)(=O)Oc1cccc2c1[nH]c1ccccc12. The Labute approximate surface area is 104 Å². The Morgan fingerprint density at radius 2 is 1.72 bits per heavy atom. The molecule has 0 spiro atoms. The van der Waals surface area contributed by atoms with E-state index in [1.165, 1.54) is 0 Å². The molecule has 0 saturated heterocycles. The summed E-state index contributed by atoms with van der Waals surface area (Å²) in [6.07, 6.45) is 1.04. The standard InChI is InChI=1S/C13H11NO3S/c1-18(15,16)17-12-8-4-6-10-9-5-2-3-7-11(9)14-13(10)12/h2-8,14H,1H3. The van der Waals surface area contributed by atoms with Gasteiger partial charge >= 0.3 is 10.1 Å². The summed E-state index contributed by atoms with van der Waals surface area (Å²) in [5, 5.41) is 2.00. The highest BCUT2D eigenvalue weighted by Gasteiger charge is 2.11. The van der Waals surface area contributed by atoms with Gasteiger partial charge in [0.25, 0.3) is 0 Å². The van der Waals surface area contributed by atoms with E-state index in [1.54, 1.807) is 12.1 Å². The van der Waals surface area contributed by atoms with Gasteiger partial charge in [0.15, 0.2) is 5.75 Å². The van der Waals surface area contributed by atoms with Crippen LogP contribution in [0.4, 0.5) is 0 Å². The third kappa shape index (κ3) is 1.82. The average Bonchev–Trinajstić information content (AvgIpc) is 2.67. The summed E-state index contributed by atoms with van der Waals surface area (Å²) in [6.45, 7) is 0. The minimum atomic E-state index is -3.53. The molecule has 1 heterocycles. The minimum Gasteiger partial charge on any atom is -0.380 e. The number of fused-ring (bicyclic) bond motifs is 3. The molecule has 1 N–H and O–H groups in total. The molecule has 0 amide bonds. The largest absolute Gasteiger partial charge is 0.380 e. The number of nitrogens with one attached hydrogen (secondary N) is 1. The quantitative estimate of drug-likeness (QED) is 0.721. The molecule has 0 aliphatic carbocycles. The lowest BCUT2D eigenvalue weighted by atomic mass is 10.1. The summed E-state index contributed by atoms with van der Waals surface area (Å²) in [7, 11) is -3.53. The van der Waals surface area contributed by atoms with Gasteiger partial charge in [-0.2, -0.15) is 8.42 Å². The van der Waals surface area contributed by atoms with Crippen LogP contribution in [0, 0.1) is 0 Å². The van der Waals surface area contributed by atoms with Crippen molar-refractivity contribution in [2.24, 2.45) is 0 Å². The molecule has 2 aromatic carbocycles. The van der Waals surface area contributed by atoms with Gasteiger partial charge in [-0.15, -0.1) is 0 Å². The van der Waals surface area contributed by atoms with Crippen LogP contribution in [-0.4, -0.2) is 19.7 Å². The summed E-state index contributed by atoms with van der Waals surface area (Å²) in [5.41, 5.74) is 1.65. The van der Waals surface area contributed by atoms with Crippen LogP contribution in [0.2, 0.25) is 0 Å². The zero-order chi connectivity index (χ0) is 12.8. The van der Waals surface area contributed by atoms with Crippen LogP contribution in [0.5, 0.6) is 5.75 Å². The first-order valence-corrected chi connectivity index (χ1v) is 7.25. The van der Waals surface area contributed by atoms with Gasteiger partial charge < -0.3 is 9.17 Å². The number of aromatic amines is 1. The fourth-order valence-corrected chi connectivity index (χ4v) is 2.54. The molecule has 5 heteroatoms. The number of rotatable bonds is 2. The Morgan fingerprint density at radius 1 is 1.00 bits per heavy atom. The van der Waals surface area contributed by atoms with Crippen molar-refractivity contribution >= 4 is 31.9 Å². The van der Waals surface area contributed by atoms with E-state index in [-0.39, 0.29) is 0 Å². The van der Waals surface area contributed by atoms with E-state index in [9.17, 15) is 8.42 Å². The summed E-state index contributed by atoms with van der Waals surface area (Å²) in [5.74, 6) is 0.325. The number of hydrogen-bond donors (Lipinski definition) is 1. The highest BCUT2D eigenvalue weighted by molar-refractivity contribution is 7.86. The van der Waals surface area contributed by atoms with E-state index in [1.807, 2.05) is 30.3 Å². The molecule has 0 fully saturated rings. The zero-order valence-corrected chi connectivity index (χ0v) is 10.5. The first-order valence-electron chi connectivity index (χ1n) is 5.43. The van der Waals surface area contributed by atoms with Gasteiger partial charge in [0.2, 0.25) is 0 Å². The van der Waals surface area contributed by atoms with Crippen molar-refractivity contribution in [1.82, 2.24) is 4.98 Å². The van der Waals surface area contributed by atoms with Gasteiger partial charge in [-0.3, -0.25) is 0 Å². The van der Waals surface area contributed by atoms with Gasteiger partial charge in [0.1, 0.15) is 0 Å². The second-order valence-corrected chi connectivity index (χ2v) is 5.71. The Morgan fingerprint density at radius 3 is 2.50 bits per heavy atom. The van der Waals surface area contributed by atoms with Crippen LogP contribution in [0.1, 0.15) is 0 Å². The highest BCUT2D eigenvalue weighted by Crippen LogP contribution is 2.31. The lowest BCUT2D eigenvalue weighted by Gasteiger charge is -2.03. The van der Waals surface area contributed by atoms with E-state index < -0.39 is 10.1 Å². The van der Waals surface area contributed by atoms with Crippen molar-refractivity contribution in [2.75, 3.05) is 6.26 Å². The first-order chi connectivity index (χ1) is 8.54. The van der Waals surface area contributed by atoms with Crippen LogP contribution >= 0.6 is 0 Å². The lowest BCUT2D eigenvalue weighted by molar-refractivity contribution is 0.495. The summed E-state index contributed by atoms with van der Waals surface area (Å²) < 4.78 is 27.4. The van der Waals surface area contributed by atoms with E-state index in [0.29, 0.717) is 11.3 Å². The molecule has 18 heavy (non-hydrogen) atoms. The van der Waals surface area contributed by atoms with Gasteiger partial charge in [0, 0.05) is 16.3 Å². The molecular formula is C13H11NO3S. The Kier molecular flexibility index (Phi) is 2.31. The Balaban J connectivity index is 2.34. The maximum atomic E-state index is 11.2. The predicted molar refractivity (Wildman–Crippen MR) is 71.3 cm³/mol. The van der Waals surface area contributed by atoms with Crippen molar-refractivity contribution in [3.8, 4) is 5.75 Å². The molecule has 0 saturated carbocycles. The fraction of sp³-hybridized carbons (Fsp3) is 0.0769. The first kappa shape index (κ1) is 11.1. The smallest absolute Gasteiger partial charge is 0.306 e. The van der Waals surface area contributed by atoms with Crippen LogP contribution in [-0.2, 0) is 10.1 Å². The van der Waals surface area contributed by atoms with Crippen molar-refractivity contribution in [3.05, 3.63) is 42.5 Å². The van der Waals surface area contributed by atoms with Crippen LogP contribution < -0.4 is 4.18 Å². The summed E-state index contributed by atoms with van der Waals surface area (Å²) in [6, 6.07) is 13.2. The molecule has 92 valence electrons. The number of hydrogen-bond acceptors (Lipinski definition) is 3. The highest BCUT2D eigenvalue weighted by atomic mass is 32.2. The van der Waals surface area contributed by atoms with Crippen molar-refractivity contribution in [1.29, 1.82) is 0 Å². The van der Waals surface area contributed by atoms with E-state index in [2.05, 4.69) is 4.98 Å². The third-order valence-corrected chi connectivity index (χ3v) is 3.23. The van der Waals surface area contributed by atoms with Gasteiger partial charge in [-0.05, 0) is 12.1 Å². The van der Waals surface area contributed by atoms with Crippen LogP contribution in [0.3, 0.4) is 0 Å². The number of benzene rings is 2. The number of para-hydroxylation sites is 2. The van der Waals surface area contributed by atoms with Gasteiger partial charge in [-0.25, -0.2) is 0 Å². The molecule has 0 aliphatic rings. The second kappa shape index (κ2) is 3.74. The molecule has 3 aromatic rings. The lowest BCUT2D eigenvalue weighted by Crippen LogP contribution is -2.05. The van der Waals surface area contributed by atoms with Gasteiger partial charge in [0.05, 0.1) is 11.8 Å². The van der Waals surface area contributed by atoms with Crippen molar-refractivity contribution in [3.63, 3.8) is 0 Å². The molecule has 3 rings (SSSR count). The van der Waals surface area contributed by atoms with E-state index in [4.69, 9.17) is 4.18 Å². The predicted octanol–water partition coefficient (Wildman–Crippen LogP) is 2.66. The topological polar surface area (TPSA) is 59.2 Å². The number of aromatic nitrogens is 1. The Bertz CT molecular complexity index is 834. The molecule has 0 unspecified atom stereocenters. The Hall–Kier alpha value is -2.01. The summed E-state index contributed by atoms with van der Waals surface area (Å²) >= 11 is 0.